The highest BCUT2D eigenvalue weighted by molar-refractivity contribution is 5.90. The summed E-state index contributed by atoms with van der Waals surface area (Å²) in [6.07, 6.45) is 0. The molecule has 0 radical (unpaired) electrons. The average Bonchev–Trinajstić information content (AvgIpc) is 3.62. The van der Waals surface area contributed by atoms with Gasteiger partial charge in [-0.3, -0.25) is 0 Å². The summed E-state index contributed by atoms with van der Waals surface area (Å²) in [5, 5.41) is 2.29. The lowest BCUT2D eigenvalue weighted by molar-refractivity contribution is 0.359. The van der Waals surface area contributed by atoms with Crippen molar-refractivity contribution in [2.45, 2.75) is 5.41 Å². The molecule has 0 N–H and O–H groups in total. The van der Waals surface area contributed by atoms with E-state index in [-0.39, 0.29) is 0 Å². The minimum Gasteiger partial charge on any atom is -0.450 e. The highest BCUT2D eigenvalue weighted by Crippen LogP contribution is 2.60. The van der Waals surface area contributed by atoms with E-state index >= 15 is 0 Å². The van der Waals surface area contributed by atoms with Gasteiger partial charge in [-0.2, -0.15) is 0 Å². The van der Waals surface area contributed by atoms with E-state index in [4.69, 9.17) is 24.4 Å². The van der Waals surface area contributed by atoms with Crippen molar-refractivity contribution in [2.24, 2.45) is 0 Å². The summed E-state index contributed by atoms with van der Waals surface area (Å²) < 4.78 is 13.6. The van der Waals surface area contributed by atoms with Gasteiger partial charge in [-0.15, -0.1) is 0 Å². The van der Waals surface area contributed by atoms with Crippen LogP contribution in [0.4, 0.5) is 0 Å². The second-order valence-electron chi connectivity index (χ2n) is 15.5. The first-order valence-electron chi connectivity index (χ1n) is 20.5. The van der Waals surface area contributed by atoms with Crippen LogP contribution in [0.5, 0.6) is 23.0 Å². The van der Waals surface area contributed by atoms with Gasteiger partial charge in [-0.05, 0) is 85.6 Å². The van der Waals surface area contributed by atoms with Gasteiger partial charge >= 0.3 is 0 Å². The van der Waals surface area contributed by atoms with Gasteiger partial charge in [0.15, 0.2) is 40.5 Å². The van der Waals surface area contributed by atoms with Gasteiger partial charge in [-0.25, -0.2) is 15.0 Å². The predicted octanol–water partition coefficient (Wildman–Crippen LogP) is 14.0. The van der Waals surface area contributed by atoms with E-state index in [0.717, 1.165) is 49.7 Å². The van der Waals surface area contributed by atoms with Crippen LogP contribution in [-0.2, 0) is 5.41 Å². The van der Waals surface area contributed by atoms with Crippen LogP contribution in [0.15, 0.2) is 212 Å². The molecule has 0 atom stereocenters. The number of ether oxygens (including phenoxy) is 2. The molecular weight excluding hydrogens is 747 g/mol. The molecule has 2 aliphatic rings. The molecule has 1 aromatic heterocycles. The van der Waals surface area contributed by atoms with Crippen LogP contribution in [0.2, 0.25) is 0 Å². The summed E-state index contributed by atoms with van der Waals surface area (Å²) in [5.74, 6) is 4.46. The molecular formula is C56H35N3O2. The topological polar surface area (TPSA) is 57.1 Å². The normalized spacial score (nSPS) is 13.0. The van der Waals surface area contributed by atoms with Gasteiger partial charge in [0.05, 0.1) is 5.41 Å². The Kier molecular flexibility index (Phi) is 8.00. The molecule has 0 amide bonds. The third kappa shape index (κ3) is 5.66. The molecule has 0 bridgehead atoms. The lowest BCUT2D eigenvalue weighted by Crippen LogP contribution is -2.28. The molecule has 1 aliphatic carbocycles. The van der Waals surface area contributed by atoms with Crippen molar-refractivity contribution < 1.29 is 9.47 Å². The minimum absolute atomic E-state index is 0.537. The van der Waals surface area contributed by atoms with Crippen LogP contribution >= 0.6 is 0 Å². The summed E-state index contributed by atoms with van der Waals surface area (Å²) >= 11 is 0. The van der Waals surface area contributed by atoms with E-state index in [1.54, 1.807) is 0 Å². The number of fused-ring (bicyclic) bond motifs is 6. The Morgan fingerprint density at radius 3 is 1.59 bits per heavy atom. The van der Waals surface area contributed by atoms with E-state index in [2.05, 4.69) is 164 Å². The van der Waals surface area contributed by atoms with Crippen LogP contribution < -0.4 is 9.47 Å². The van der Waals surface area contributed by atoms with Crippen LogP contribution in [-0.4, -0.2) is 15.0 Å². The van der Waals surface area contributed by atoms with E-state index in [0.29, 0.717) is 40.5 Å². The number of benzene rings is 9. The monoisotopic (exact) mass is 781 g/mol. The van der Waals surface area contributed by atoms with E-state index in [1.165, 1.54) is 22.3 Å². The Balaban J connectivity index is 0.962. The highest BCUT2D eigenvalue weighted by Gasteiger charge is 2.47. The number of rotatable bonds is 6. The smallest absolute Gasteiger partial charge is 0.170 e. The molecule has 61 heavy (non-hydrogen) atoms. The summed E-state index contributed by atoms with van der Waals surface area (Å²) in [4.78, 5) is 15.2. The lowest BCUT2D eigenvalue weighted by Gasteiger charge is -2.34. The van der Waals surface area contributed by atoms with Gasteiger partial charge < -0.3 is 9.47 Å². The first kappa shape index (κ1) is 34.9. The van der Waals surface area contributed by atoms with Gasteiger partial charge in [0.1, 0.15) is 0 Å². The third-order valence-corrected chi connectivity index (χ3v) is 12.1. The summed E-state index contributed by atoms with van der Waals surface area (Å²) in [6.45, 7) is 0. The van der Waals surface area contributed by atoms with E-state index in [9.17, 15) is 0 Å². The lowest BCUT2D eigenvalue weighted by atomic mass is 9.67. The van der Waals surface area contributed by atoms with Crippen molar-refractivity contribution in [1.29, 1.82) is 0 Å². The molecule has 10 aromatic rings. The van der Waals surface area contributed by atoms with Crippen LogP contribution in [0, 0.1) is 0 Å². The molecule has 1 aliphatic heterocycles. The standard InChI is InChI=1S/C56H35N3O2/c1-4-17-37(18-5-1)53-57-54(40-29-28-36-16-10-11-19-38(36)32-40)59-55(58-53)45-26-13-12-24-43(45)39-30-31-49-50(33-39)61-51-34-46-44-25-14-15-27-47(44)56(41-20-6-2-7-21-41,42-22-8-3-9-23-42)48(46)35-52(51)60-49/h1-35H. The molecule has 0 saturated heterocycles. The summed E-state index contributed by atoms with van der Waals surface area (Å²) in [6, 6.07) is 73.8. The highest BCUT2D eigenvalue weighted by atomic mass is 16.6. The maximum Gasteiger partial charge on any atom is 0.170 e. The second-order valence-corrected chi connectivity index (χ2v) is 15.5. The average molecular weight is 782 g/mol. The molecule has 12 rings (SSSR count). The van der Waals surface area contributed by atoms with Crippen LogP contribution in [0.25, 0.3) is 67.2 Å². The summed E-state index contributed by atoms with van der Waals surface area (Å²) in [5.41, 5.74) is 11.2. The van der Waals surface area contributed by atoms with Gasteiger partial charge in [0.25, 0.3) is 0 Å². The first-order valence-corrected chi connectivity index (χ1v) is 20.5. The van der Waals surface area contributed by atoms with Crippen molar-refractivity contribution in [3.8, 4) is 79.4 Å². The molecule has 2 heterocycles. The Labute approximate surface area is 353 Å². The zero-order valence-corrected chi connectivity index (χ0v) is 32.9. The van der Waals surface area contributed by atoms with Crippen LogP contribution in [0.1, 0.15) is 22.3 Å². The maximum absolute atomic E-state index is 6.83. The fourth-order valence-electron chi connectivity index (χ4n) is 9.28. The Hall–Kier alpha value is -8.15. The largest absolute Gasteiger partial charge is 0.450 e. The Morgan fingerprint density at radius 1 is 0.295 bits per heavy atom. The zero-order valence-electron chi connectivity index (χ0n) is 32.9. The molecule has 0 saturated carbocycles. The molecule has 286 valence electrons. The maximum atomic E-state index is 6.83. The number of hydrogen-bond donors (Lipinski definition) is 0. The quantitative estimate of drug-likeness (QED) is 0.168. The fourth-order valence-corrected chi connectivity index (χ4v) is 9.28. The van der Waals surface area contributed by atoms with E-state index in [1.807, 2.05) is 48.5 Å². The van der Waals surface area contributed by atoms with E-state index < -0.39 is 5.41 Å². The van der Waals surface area contributed by atoms with Gasteiger partial charge in [0.2, 0.25) is 0 Å². The molecule has 0 unspecified atom stereocenters. The number of hydrogen-bond acceptors (Lipinski definition) is 5. The minimum atomic E-state index is -0.537. The molecule has 5 nitrogen and oxygen atoms in total. The molecule has 0 spiro atoms. The fraction of sp³-hybridized carbons (Fsp3) is 0.0179. The van der Waals surface area contributed by atoms with Crippen molar-refractivity contribution in [3.63, 3.8) is 0 Å². The van der Waals surface area contributed by atoms with Crippen molar-refractivity contribution >= 4 is 10.8 Å². The van der Waals surface area contributed by atoms with Crippen molar-refractivity contribution in [3.05, 3.63) is 235 Å². The first-order chi connectivity index (χ1) is 30.2. The summed E-state index contributed by atoms with van der Waals surface area (Å²) in [7, 11) is 0. The SMILES string of the molecule is c1ccc(-c2nc(-c3ccc4ccccc4c3)nc(-c3ccccc3-c3ccc4c(c3)Oc3cc5c(cc3O4)C(c3ccccc3)(c3ccccc3)c3ccccc3-5)n2)cc1. The number of nitrogens with zero attached hydrogens (tertiary/aromatic N) is 3. The molecule has 9 aromatic carbocycles. The molecule has 5 heteroatoms. The van der Waals surface area contributed by atoms with Crippen molar-refractivity contribution in [1.82, 2.24) is 15.0 Å². The predicted molar refractivity (Wildman–Crippen MR) is 243 cm³/mol. The Bertz CT molecular complexity index is 3270. The van der Waals surface area contributed by atoms with Crippen LogP contribution in [0.3, 0.4) is 0 Å². The van der Waals surface area contributed by atoms with Crippen molar-refractivity contribution in [2.75, 3.05) is 0 Å². The van der Waals surface area contributed by atoms with Gasteiger partial charge in [-0.1, -0.05) is 182 Å². The third-order valence-electron chi connectivity index (χ3n) is 12.1. The van der Waals surface area contributed by atoms with Gasteiger partial charge in [0, 0.05) is 16.7 Å². The zero-order chi connectivity index (χ0) is 40.3. The second kappa shape index (κ2) is 14.0. The number of aromatic nitrogens is 3. The Morgan fingerprint density at radius 2 is 0.836 bits per heavy atom. The molecule has 0 fully saturated rings.